The molecule has 1 N–H and O–H groups in total. The molecule has 56 heavy (non-hydrogen) atoms. The van der Waals surface area contributed by atoms with Gasteiger partial charge in [0.1, 0.15) is 16.2 Å². The zero-order chi connectivity index (χ0) is 40.8. The number of benzene rings is 2. The second-order valence-electron chi connectivity index (χ2n) is 15.4. The van der Waals surface area contributed by atoms with Gasteiger partial charge in [-0.1, -0.05) is 49.8 Å². The van der Waals surface area contributed by atoms with Crippen LogP contribution in [-0.4, -0.2) is 85.0 Å². The minimum Gasteiger partial charge on any atom is -0.748 e. The van der Waals surface area contributed by atoms with Crippen LogP contribution in [0.15, 0.2) is 93.9 Å². The highest BCUT2D eigenvalue weighted by Gasteiger charge is 2.57. The number of hydrogen-bond acceptors (Lipinski definition) is 14. The summed E-state index contributed by atoms with van der Waals surface area (Å²) in [5.74, 6) is -1.39. The summed E-state index contributed by atoms with van der Waals surface area (Å²) in [6, 6.07) is 9.37. The van der Waals surface area contributed by atoms with Gasteiger partial charge in [0.25, 0.3) is 0 Å². The van der Waals surface area contributed by atoms with Crippen LogP contribution in [0.4, 0.5) is 11.4 Å². The largest absolute Gasteiger partial charge is 0.748 e. The summed E-state index contributed by atoms with van der Waals surface area (Å²) in [5.41, 5.74) is 4.26. The molecule has 14 nitrogen and oxygen atoms in total. The fourth-order valence-electron chi connectivity index (χ4n) is 9.00. The van der Waals surface area contributed by atoms with Crippen LogP contribution in [0.25, 0.3) is 0 Å². The lowest BCUT2D eigenvalue weighted by Crippen LogP contribution is -2.37. The van der Waals surface area contributed by atoms with Crippen molar-refractivity contribution in [3.05, 3.63) is 95.3 Å². The van der Waals surface area contributed by atoms with E-state index in [0.29, 0.717) is 33.9 Å². The molecule has 18 heteroatoms. The molecule has 1 fully saturated rings. The minimum atomic E-state index is -4.75. The molecule has 0 spiro atoms. The summed E-state index contributed by atoms with van der Waals surface area (Å²) < 4.78 is 111. The third-order valence-electron chi connectivity index (χ3n) is 11.4. The molecule has 4 atom stereocenters. The van der Waals surface area contributed by atoms with E-state index in [9.17, 15) is 49.3 Å². The van der Waals surface area contributed by atoms with Crippen molar-refractivity contribution >= 4 is 59.5 Å². The van der Waals surface area contributed by atoms with E-state index in [1.807, 2.05) is 48.8 Å². The smallest absolute Gasteiger partial charge is 0.209 e. The normalized spacial score (nSPS) is 25.0. The van der Waals surface area contributed by atoms with Gasteiger partial charge >= 0.3 is 0 Å². The summed E-state index contributed by atoms with van der Waals surface area (Å²) in [7, 11) is -14.0. The van der Waals surface area contributed by atoms with E-state index < -0.39 is 63.7 Å². The van der Waals surface area contributed by atoms with Crippen molar-refractivity contribution in [2.45, 2.75) is 79.6 Å². The number of allylic oxidation sites excluding steroid dienone is 8. The third-order valence-corrected chi connectivity index (χ3v) is 14.2. The highest BCUT2D eigenvalue weighted by atomic mass is 32.2. The zero-order valence-electron chi connectivity index (χ0n) is 31.0. The summed E-state index contributed by atoms with van der Waals surface area (Å²) in [5, 5.41) is 21.7. The van der Waals surface area contributed by atoms with Crippen molar-refractivity contribution in [2.75, 3.05) is 29.5 Å². The van der Waals surface area contributed by atoms with E-state index in [1.165, 1.54) is 18.2 Å². The molecule has 0 amide bonds. The summed E-state index contributed by atoms with van der Waals surface area (Å²) in [6.45, 7) is 5.52. The summed E-state index contributed by atoms with van der Waals surface area (Å²) >= 11 is 0.700. The topological polar surface area (TPSA) is 230 Å². The quantitative estimate of drug-likeness (QED) is 0.0715. The van der Waals surface area contributed by atoms with Crippen LogP contribution in [0, 0.1) is 11.8 Å². The van der Waals surface area contributed by atoms with Gasteiger partial charge < -0.3 is 33.3 Å². The Hall–Kier alpha value is -3.17. The first-order valence-corrected chi connectivity index (χ1v) is 23.4. The molecule has 2 aromatic rings. The van der Waals surface area contributed by atoms with Crippen LogP contribution in [0.5, 0.6) is 0 Å². The molecule has 0 saturated heterocycles. The highest BCUT2D eigenvalue weighted by molar-refractivity contribution is 7.94. The van der Waals surface area contributed by atoms with E-state index in [2.05, 4.69) is 17.3 Å². The Bertz CT molecular complexity index is 2380. The van der Waals surface area contributed by atoms with Gasteiger partial charge in [0, 0.05) is 57.8 Å². The molecule has 4 unspecified atom stereocenters. The average Bonchev–Trinajstić information content (AvgIpc) is 3.64. The van der Waals surface area contributed by atoms with Crippen LogP contribution in [0.2, 0.25) is 0 Å². The fourth-order valence-corrected chi connectivity index (χ4v) is 10.8. The van der Waals surface area contributed by atoms with Gasteiger partial charge in [-0.05, 0) is 86.9 Å². The number of aliphatic hydroxyl groups is 1. The molecular formula is C38H43N2O12S4-3. The summed E-state index contributed by atoms with van der Waals surface area (Å²) in [6.07, 6.45) is 14.4. The Labute approximate surface area is 332 Å². The molecule has 2 aliphatic heterocycles. The predicted octanol–water partition coefficient (Wildman–Crippen LogP) is 3.63. The van der Waals surface area contributed by atoms with Crippen molar-refractivity contribution < 1.29 is 58.2 Å². The van der Waals surface area contributed by atoms with Crippen molar-refractivity contribution in [1.29, 1.82) is 0 Å². The Morgan fingerprint density at radius 3 is 2.41 bits per heavy atom. The predicted molar refractivity (Wildman–Crippen MR) is 205 cm³/mol. The van der Waals surface area contributed by atoms with Crippen molar-refractivity contribution in [3.8, 4) is 0 Å². The highest BCUT2D eigenvalue weighted by Crippen LogP contribution is 2.54. The first-order chi connectivity index (χ1) is 26.1. The van der Waals surface area contributed by atoms with Crippen molar-refractivity contribution in [2.24, 2.45) is 11.8 Å². The van der Waals surface area contributed by atoms with E-state index >= 15 is 0 Å². The van der Waals surface area contributed by atoms with Crippen LogP contribution in [0.1, 0.15) is 64.0 Å². The van der Waals surface area contributed by atoms with Crippen LogP contribution < -0.4 is 10.2 Å². The number of rotatable bonds is 14. The van der Waals surface area contributed by atoms with Gasteiger partial charge in [-0.25, -0.2) is 25.3 Å². The summed E-state index contributed by atoms with van der Waals surface area (Å²) in [4.78, 5) is 1.87. The second-order valence-corrected chi connectivity index (χ2v) is 20.6. The molecule has 304 valence electrons. The Morgan fingerprint density at radius 1 is 0.982 bits per heavy atom. The van der Waals surface area contributed by atoms with Gasteiger partial charge in [-0.2, -0.15) is 4.58 Å². The third kappa shape index (κ3) is 8.94. The van der Waals surface area contributed by atoms with Crippen LogP contribution in [-0.2, 0) is 45.5 Å². The molecule has 1 saturated carbocycles. The zero-order valence-corrected chi connectivity index (χ0v) is 34.3. The Morgan fingerprint density at radius 2 is 1.73 bits per heavy atom. The van der Waals surface area contributed by atoms with Gasteiger partial charge in [-0.3, -0.25) is 0 Å². The van der Waals surface area contributed by atoms with E-state index in [1.54, 1.807) is 23.1 Å². The lowest BCUT2D eigenvalue weighted by molar-refractivity contribution is -0.630. The van der Waals surface area contributed by atoms with Gasteiger partial charge in [0.15, 0.2) is 12.3 Å². The number of nitrogens with zero attached hydrogens (tertiary/aromatic N) is 2. The lowest BCUT2D eigenvalue weighted by Gasteiger charge is -2.27. The Kier molecular flexibility index (Phi) is 12.0. The van der Waals surface area contributed by atoms with Crippen LogP contribution in [0.3, 0.4) is 0 Å². The standard InChI is InChI=1S/C38H46N2O12S4/c1-37(2)31-22-29(56(49,50)51)13-15-33(31)39(18-19-54(43,44)45)35(37)11-6-4-5-8-25-9-7-10-26(20-25)30-16-17-38(3)32-21-28(53-52-42)12-14-34(32)40(36(30)38)23-27(41)24-55(46,47)48/h4-6,8,11-15,20-22,26-27,30,41H,7,9-10,16-19,23-24H2,1-3H3,(H3-,42,43,44,45,46,47,48,49,50,51)/p-3/b6-4+,8-5+,35-11-. The maximum Gasteiger partial charge on any atom is 0.209 e. The van der Waals surface area contributed by atoms with Gasteiger partial charge in [-0.15, -0.1) is 0 Å². The number of β-amino-alcohol motifs (C(OH)–C–C–N with tert-alkyl or cyclic N) is 1. The second kappa shape index (κ2) is 15.9. The molecule has 4 aliphatic rings. The maximum absolute atomic E-state index is 11.8. The molecular weight excluding hydrogens is 805 g/mol. The molecule has 2 aliphatic carbocycles. The van der Waals surface area contributed by atoms with Gasteiger partial charge in [0.05, 0.1) is 42.1 Å². The average molecular weight is 848 g/mol. The minimum absolute atomic E-state index is 0.0616. The van der Waals surface area contributed by atoms with E-state index in [0.717, 1.165) is 54.6 Å². The van der Waals surface area contributed by atoms with Crippen LogP contribution >= 0.6 is 12.0 Å². The fraction of sp³-hybridized carbons (Fsp3) is 0.447. The number of aliphatic hydroxyl groups excluding tert-OH is 1. The van der Waals surface area contributed by atoms with Gasteiger partial charge in [0.2, 0.25) is 5.69 Å². The molecule has 2 aromatic carbocycles. The number of hydrogen-bond donors (Lipinski definition) is 1. The van der Waals surface area contributed by atoms with Crippen molar-refractivity contribution in [1.82, 2.24) is 0 Å². The first-order valence-electron chi connectivity index (χ1n) is 18.1. The first kappa shape index (κ1) is 42.4. The molecule has 6 rings (SSSR count). The SMILES string of the molecule is CC12CCC(C3C=C(/C=C/C=C/C=C4\N(CCS(=O)(=O)[O-])c5ccc(S(=O)(=O)[O-])cc5C4(C)C)CCC3)C1=[N+](CC(O)CS(=O)(=O)[O-])c1ccc(SO[O-])cc12. The van der Waals surface area contributed by atoms with Crippen molar-refractivity contribution in [3.63, 3.8) is 0 Å². The molecule has 0 radical (unpaired) electrons. The van der Waals surface area contributed by atoms with E-state index in [-0.39, 0.29) is 24.9 Å². The molecule has 0 aromatic heterocycles. The molecule has 2 heterocycles. The number of anilines is 1. The lowest BCUT2D eigenvalue weighted by atomic mass is 9.75. The Balaban J connectivity index is 1.26. The maximum atomic E-state index is 11.8. The van der Waals surface area contributed by atoms with E-state index in [4.69, 9.17) is 0 Å². The number of fused-ring (bicyclic) bond motifs is 4. The monoisotopic (exact) mass is 847 g/mol. The molecule has 0 bridgehead atoms.